The van der Waals surface area contributed by atoms with Crippen LogP contribution in [0.1, 0.15) is 32.0 Å². The standard InChI is InChI=1S/C14H22Br2N2O2S/c1-11(2)18-5-3-13(17-18)7-14(9-15,10-16)12-4-6-21(19,20)8-12/h3,5,11-12H,4,6-10H2,1-2H3. The second kappa shape index (κ2) is 6.71. The molecule has 1 aromatic rings. The van der Waals surface area contributed by atoms with E-state index in [1.165, 1.54) is 0 Å². The van der Waals surface area contributed by atoms with Gasteiger partial charge in [-0.05, 0) is 44.1 Å². The molecule has 0 aromatic carbocycles. The van der Waals surface area contributed by atoms with Gasteiger partial charge in [-0.25, -0.2) is 8.42 Å². The molecule has 0 spiro atoms. The first-order valence-corrected chi connectivity index (χ1v) is 11.2. The summed E-state index contributed by atoms with van der Waals surface area (Å²) in [7, 11) is -2.87. The maximum Gasteiger partial charge on any atom is 0.150 e. The van der Waals surface area contributed by atoms with Crippen molar-refractivity contribution in [2.75, 3.05) is 22.2 Å². The van der Waals surface area contributed by atoms with Crippen molar-refractivity contribution in [3.63, 3.8) is 0 Å². The zero-order chi connectivity index (χ0) is 15.7. The SMILES string of the molecule is CC(C)n1ccc(CC(CBr)(CBr)C2CCS(=O)(=O)C2)n1. The molecule has 0 saturated carbocycles. The minimum atomic E-state index is -2.87. The molecule has 1 atom stereocenters. The molecule has 7 heteroatoms. The predicted molar refractivity (Wildman–Crippen MR) is 93.1 cm³/mol. The van der Waals surface area contributed by atoms with Crippen LogP contribution < -0.4 is 0 Å². The third-order valence-electron chi connectivity index (χ3n) is 4.36. The maximum atomic E-state index is 11.8. The monoisotopic (exact) mass is 440 g/mol. The topological polar surface area (TPSA) is 52.0 Å². The third-order valence-corrected chi connectivity index (χ3v) is 8.36. The number of sulfone groups is 1. The van der Waals surface area contributed by atoms with E-state index in [4.69, 9.17) is 0 Å². The van der Waals surface area contributed by atoms with E-state index in [9.17, 15) is 8.42 Å². The average molecular weight is 442 g/mol. The summed E-state index contributed by atoms with van der Waals surface area (Å²) in [5.74, 6) is 0.806. The minimum absolute atomic E-state index is 0.0975. The predicted octanol–water partition coefficient (Wildman–Crippen LogP) is 3.22. The van der Waals surface area contributed by atoms with Gasteiger partial charge in [0.05, 0.1) is 17.2 Å². The van der Waals surface area contributed by atoms with Crippen molar-refractivity contribution in [2.24, 2.45) is 11.3 Å². The summed E-state index contributed by atoms with van der Waals surface area (Å²) in [6.45, 7) is 4.20. The molecule has 1 fully saturated rings. The molecular formula is C14H22Br2N2O2S. The second-order valence-electron chi connectivity index (χ2n) is 6.29. The molecule has 1 aliphatic rings. The van der Waals surface area contributed by atoms with Crippen molar-refractivity contribution in [1.82, 2.24) is 9.78 Å². The molecule has 120 valence electrons. The highest BCUT2D eigenvalue weighted by Gasteiger charge is 2.43. The van der Waals surface area contributed by atoms with Gasteiger partial charge in [0.2, 0.25) is 0 Å². The van der Waals surface area contributed by atoms with Crippen LogP contribution in [0.5, 0.6) is 0 Å². The van der Waals surface area contributed by atoms with Crippen LogP contribution >= 0.6 is 31.9 Å². The number of nitrogens with zero attached hydrogens (tertiary/aromatic N) is 2. The van der Waals surface area contributed by atoms with Crippen LogP contribution in [0, 0.1) is 11.3 Å². The van der Waals surface area contributed by atoms with E-state index in [0.717, 1.165) is 29.2 Å². The lowest BCUT2D eigenvalue weighted by atomic mass is 9.75. The summed E-state index contributed by atoms with van der Waals surface area (Å²) < 4.78 is 25.6. The van der Waals surface area contributed by atoms with Crippen LogP contribution in [-0.4, -0.2) is 40.4 Å². The number of aromatic nitrogens is 2. The van der Waals surface area contributed by atoms with E-state index < -0.39 is 9.84 Å². The van der Waals surface area contributed by atoms with Gasteiger partial charge in [0.15, 0.2) is 9.84 Å². The van der Waals surface area contributed by atoms with Crippen LogP contribution in [0.15, 0.2) is 12.3 Å². The van der Waals surface area contributed by atoms with Gasteiger partial charge in [-0.1, -0.05) is 31.9 Å². The van der Waals surface area contributed by atoms with Crippen molar-refractivity contribution in [1.29, 1.82) is 0 Å². The molecule has 0 aliphatic carbocycles. The molecule has 0 bridgehead atoms. The van der Waals surface area contributed by atoms with Gasteiger partial charge in [-0.15, -0.1) is 0 Å². The minimum Gasteiger partial charge on any atom is -0.270 e. The number of halogens is 2. The summed E-state index contributed by atoms with van der Waals surface area (Å²) in [6.07, 6.45) is 3.55. The van der Waals surface area contributed by atoms with E-state index in [2.05, 4.69) is 50.8 Å². The Morgan fingerprint density at radius 2 is 2.10 bits per heavy atom. The van der Waals surface area contributed by atoms with Gasteiger partial charge >= 0.3 is 0 Å². The lowest BCUT2D eigenvalue weighted by Crippen LogP contribution is -2.37. The van der Waals surface area contributed by atoms with E-state index in [-0.39, 0.29) is 11.3 Å². The van der Waals surface area contributed by atoms with Gasteiger partial charge in [0.1, 0.15) is 0 Å². The molecule has 4 nitrogen and oxygen atoms in total. The molecule has 0 amide bonds. The molecule has 2 heterocycles. The van der Waals surface area contributed by atoms with E-state index in [1.807, 2.05) is 16.9 Å². The molecule has 0 radical (unpaired) electrons. The fourth-order valence-electron chi connectivity index (χ4n) is 2.89. The first kappa shape index (κ1) is 17.5. The Morgan fingerprint density at radius 3 is 2.52 bits per heavy atom. The Morgan fingerprint density at radius 1 is 1.43 bits per heavy atom. The van der Waals surface area contributed by atoms with E-state index >= 15 is 0 Å². The molecule has 1 aliphatic heterocycles. The molecule has 0 N–H and O–H groups in total. The smallest absolute Gasteiger partial charge is 0.150 e. The molecular weight excluding hydrogens is 420 g/mol. The highest BCUT2D eigenvalue weighted by molar-refractivity contribution is 9.09. The Hall–Kier alpha value is 0.120. The second-order valence-corrected chi connectivity index (χ2v) is 9.64. The van der Waals surface area contributed by atoms with E-state index in [0.29, 0.717) is 17.5 Å². The highest BCUT2D eigenvalue weighted by Crippen LogP contribution is 2.41. The van der Waals surface area contributed by atoms with Gasteiger partial charge in [-0.3, -0.25) is 4.68 Å². The van der Waals surface area contributed by atoms with Gasteiger partial charge in [-0.2, -0.15) is 5.10 Å². The Balaban J connectivity index is 2.21. The zero-order valence-corrected chi connectivity index (χ0v) is 16.4. The van der Waals surface area contributed by atoms with Crippen molar-refractivity contribution < 1.29 is 8.42 Å². The number of alkyl halides is 2. The van der Waals surface area contributed by atoms with Crippen LogP contribution in [0.2, 0.25) is 0 Å². The Labute approximate surface area is 143 Å². The number of rotatable bonds is 6. The zero-order valence-electron chi connectivity index (χ0n) is 12.4. The Bertz CT molecular complexity index is 580. The molecule has 1 saturated heterocycles. The van der Waals surface area contributed by atoms with Crippen LogP contribution in [0.4, 0.5) is 0 Å². The fraction of sp³-hybridized carbons (Fsp3) is 0.786. The van der Waals surface area contributed by atoms with Crippen molar-refractivity contribution in [3.05, 3.63) is 18.0 Å². The summed E-state index contributed by atoms with van der Waals surface area (Å²) in [4.78, 5) is 0. The molecule has 1 unspecified atom stereocenters. The quantitative estimate of drug-likeness (QED) is 0.636. The van der Waals surface area contributed by atoms with Crippen LogP contribution in [0.25, 0.3) is 0 Å². The van der Waals surface area contributed by atoms with Gasteiger partial charge < -0.3 is 0 Å². The largest absolute Gasteiger partial charge is 0.270 e. The number of hydrogen-bond acceptors (Lipinski definition) is 3. The molecule has 21 heavy (non-hydrogen) atoms. The first-order chi connectivity index (χ1) is 9.82. The summed E-state index contributed by atoms with van der Waals surface area (Å²) in [5.41, 5.74) is 0.937. The van der Waals surface area contributed by atoms with Gasteiger partial charge in [0.25, 0.3) is 0 Å². The summed E-state index contributed by atoms with van der Waals surface area (Å²) in [5, 5.41) is 6.18. The summed E-state index contributed by atoms with van der Waals surface area (Å²) >= 11 is 7.23. The Kier molecular flexibility index (Phi) is 5.58. The summed E-state index contributed by atoms with van der Waals surface area (Å²) in [6, 6.07) is 2.39. The van der Waals surface area contributed by atoms with Crippen molar-refractivity contribution in [3.8, 4) is 0 Å². The van der Waals surface area contributed by atoms with Crippen molar-refractivity contribution in [2.45, 2.75) is 32.7 Å². The first-order valence-electron chi connectivity index (χ1n) is 7.18. The normalized spacial score (nSPS) is 22.0. The highest BCUT2D eigenvalue weighted by atomic mass is 79.9. The fourth-order valence-corrected chi connectivity index (χ4v) is 7.08. The van der Waals surface area contributed by atoms with Crippen LogP contribution in [-0.2, 0) is 16.3 Å². The van der Waals surface area contributed by atoms with Gasteiger partial charge in [0, 0.05) is 22.9 Å². The lowest BCUT2D eigenvalue weighted by Gasteiger charge is -2.35. The lowest BCUT2D eigenvalue weighted by molar-refractivity contribution is 0.250. The van der Waals surface area contributed by atoms with Crippen molar-refractivity contribution >= 4 is 41.7 Å². The van der Waals surface area contributed by atoms with Crippen LogP contribution in [0.3, 0.4) is 0 Å². The number of hydrogen-bond donors (Lipinski definition) is 0. The third kappa shape index (κ3) is 3.91. The molecule has 1 aromatic heterocycles. The average Bonchev–Trinajstić information content (AvgIpc) is 3.03. The maximum absolute atomic E-state index is 11.8. The van der Waals surface area contributed by atoms with E-state index in [1.54, 1.807) is 0 Å². The molecule has 2 rings (SSSR count).